The fourth-order valence-electron chi connectivity index (χ4n) is 1.79. The van der Waals surface area contributed by atoms with Gasteiger partial charge >= 0.3 is 0 Å². The number of carbonyl (C=O) groups is 1. The van der Waals surface area contributed by atoms with Gasteiger partial charge in [-0.15, -0.1) is 0 Å². The van der Waals surface area contributed by atoms with E-state index >= 15 is 0 Å². The second-order valence-electron chi connectivity index (χ2n) is 4.68. The van der Waals surface area contributed by atoms with E-state index in [1.807, 2.05) is 38.1 Å². The van der Waals surface area contributed by atoms with Gasteiger partial charge in [-0.3, -0.25) is 4.79 Å². The molecule has 2 aromatic rings. The molecule has 2 N–H and O–H groups in total. The summed E-state index contributed by atoms with van der Waals surface area (Å²) < 4.78 is 5.52. The Morgan fingerprint density at radius 3 is 2.80 bits per heavy atom. The summed E-state index contributed by atoms with van der Waals surface area (Å²) in [5.74, 6) is 1.47. The van der Waals surface area contributed by atoms with Crippen molar-refractivity contribution in [2.24, 2.45) is 0 Å². The van der Waals surface area contributed by atoms with E-state index < -0.39 is 0 Å². The Morgan fingerprint density at radius 1 is 1.40 bits per heavy atom. The van der Waals surface area contributed by atoms with Crippen molar-refractivity contribution in [3.63, 3.8) is 0 Å². The third-order valence-corrected chi connectivity index (χ3v) is 2.93. The lowest BCUT2D eigenvalue weighted by Crippen LogP contribution is -2.28. The number of rotatable bonds is 6. The van der Waals surface area contributed by atoms with Gasteiger partial charge in [0.05, 0.1) is 19.1 Å². The zero-order chi connectivity index (χ0) is 14.4. The third kappa shape index (κ3) is 4.12. The standard InChI is InChI=1S/C15H19N3O2/c1-11-3-5-13(6-4-11)20-10-7-14(19)18-12(2)15-16-8-9-17-15/h3-6,8-9,12H,7,10H2,1-2H3,(H,16,17)(H,18,19). The summed E-state index contributed by atoms with van der Waals surface area (Å²) >= 11 is 0. The van der Waals surface area contributed by atoms with Crippen LogP contribution in [-0.4, -0.2) is 22.5 Å². The molecule has 106 valence electrons. The Labute approximate surface area is 118 Å². The quantitative estimate of drug-likeness (QED) is 0.849. The lowest BCUT2D eigenvalue weighted by Gasteiger charge is -2.12. The van der Waals surface area contributed by atoms with E-state index in [0.717, 1.165) is 11.6 Å². The highest BCUT2D eigenvalue weighted by Crippen LogP contribution is 2.11. The van der Waals surface area contributed by atoms with Crippen LogP contribution >= 0.6 is 0 Å². The highest BCUT2D eigenvalue weighted by molar-refractivity contribution is 5.76. The van der Waals surface area contributed by atoms with Crippen LogP contribution in [0.15, 0.2) is 36.7 Å². The minimum Gasteiger partial charge on any atom is -0.493 e. The molecule has 0 aliphatic carbocycles. The van der Waals surface area contributed by atoms with Gasteiger partial charge in [-0.05, 0) is 26.0 Å². The van der Waals surface area contributed by atoms with Gasteiger partial charge in [0, 0.05) is 12.4 Å². The van der Waals surface area contributed by atoms with Gasteiger partial charge in [-0.25, -0.2) is 4.98 Å². The summed E-state index contributed by atoms with van der Waals surface area (Å²) in [5, 5.41) is 2.86. The predicted octanol–water partition coefficient (Wildman–Crippen LogP) is 2.36. The molecular formula is C15H19N3O2. The van der Waals surface area contributed by atoms with Crippen molar-refractivity contribution in [2.45, 2.75) is 26.3 Å². The number of ether oxygens (including phenoxy) is 1. The molecule has 0 saturated carbocycles. The smallest absolute Gasteiger partial charge is 0.224 e. The van der Waals surface area contributed by atoms with Crippen molar-refractivity contribution in [1.82, 2.24) is 15.3 Å². The molecule has 0 spiro atoms. The first-order valence-electron chi connectivity index (χ1n) is 6.63. The zero-order valence-corrected chi connectivity index (χ0v) is 11.7. The number of imidazole rings is 1. The fraction of sp³-hybridized carbons (Fsp3) is 0.333. The summed E-state index contributed by atoms with van der Waals surface area (Å²) in [5.41, 5.74) is 1.18. The molecule has 1 amide bonds. The number of carbonyl (C=O) groups excluding carboxylic acids is 1. The molecule has 1 unspecified atom stereocenters. The van der Waals surface area contributed by atoms with E-state index in [4.69, 9.17) is 4.74 Å². The van der Waals surface area contributed by atoms with Crippen LogP contribution < -0.4 is 10.1 Å². The molecule has 20 heavy (non-hydrogen) atoms. The van der Waals surface area contributed by atoms with Crippen molar-refractivity contribution in [3.05, 3.63) is 48.0 Å². The number of aryl methyl sites for hydroxylation is 1. The summed E-state index contributed by atoms with van der Waals surface area (Å²) in [6.07, 6.45) is 3.72. The zero-order valence-electron chi connectivity index (χ0n) is 11.7. The fourth-order valence-corrected chi connectivity index (χ4v) is 1.79. The van der Waals surface area contributed by atoms with Crippen LogP contribution in [0.1, 0.15) is 30.8 Å². The Balaban J connectivity index is 1.71. The van der Waals surface area contributed by atoms with Crippen LogP contribution in [0.4, 0.5) is 0 Å². The Bertz CT molecular complexity index is 535. The molecule has 5 heteroatoms. The molecule has 0 saturated heterocycles. The number of H-pyrrole nitrogens is 1. The molecule has 1 aromatic heterocycles. The lowest BCUT2D eigenvalue weighted by atomic mass is 10.2. The van der Waals surface area contributed by atoms with Crippen LogP contribution in [0.2, 0.25) is 0 Å². The number of amides is 1. The summed E-state index contributed by atoms with van der Waals surface area (Å²) in [6, 6.07) is 7.64. The molecule has 2 rings (SSSR count). The minimum atomic E-state index is -0.128. The van der Waals surface area contributed by atoms with Gasteiger partial charge < -0.3 is 15.0 Å². The van der Waals surface area contributed by atoms with E-state index in [-0.39, 0.29) is 11.9 Å². The van der Waals surface area contributed by atoms with Crippen molar-refractivity contribution in [1.29, 1.82) is 0 Å². The van der Waals surface area contributed by atoms with Crippen molar-refractivity contribution < 1.29 is 9.53 Å². The largest absolute Gasteiger partial charge is 0.493 e. The minimum absolute atomic E-state index is 0.0546. The predicted molar refractivity (Wildman–Crippen MR) is 76.4 cm³/mol. The molecule has 0 bridgehead atoms. The topological polar surface area (TPSA) is 67.0 Å². The highest BCUT2D eigenvalue weighted by atomic mass is 16.5. The first-order chi connectivity index (χ1) is 9.65. The average Bonchev–Trinajstić information content (AvgIpc) is 2.95. The summed E-state index contributed by atoms with van der Waals surface area (Å²) in [4.78, 5) is 18.8. The Morgan fingerprint density at radius 2 is 2.15 bits per heavy atom. The number of hydrogen-bond acceptors (Lipinski definition) is 3. The van der Waals surface area contributed by atoms with Gasteiger partial charge in [-0.2, -0.15) is 0 Å². The molecular weight excluding hydrogens is 254 g/mol. The van der Waals surface area contributed by atoms with E-state index in [1.165, 1.54) is 5.56 Å². The van der Waals surface area contributed by atoms with Crippen LogP contribution in [-0.2, 0) is 4.79 Å². The molecule has 5 nitrogen and oxygen atoms in total. The molecule has 1 atom stereocenters. The molecule has 1 heterocycles. The maximum Gasteiger partial charge on any atom is 0.224 e. The number of aromatic amines is 1. The van der Waals surface area contributed by atoms with Gasteiger partial charge in [0.2, 0.25) is 5.91 Å². The maximum atomic E-state index is 11.8. The maximum absolute atomic E-state index is 11.8. The van der Waals surface area contributed by atoms with Crippen LogP contribution in [0.25, 0.3) is 0 Å². The van der Waals surface area contributed by atoms with E-state index in [2.05, 4.69) is 15.3 Å². The number of aromatic nitrogens is 2. The molecule has 0 radical (unpaired) electrons. The van der Waals surface area contributed by atoms with Crippen molar-refractivity contribution in [2.75, 3.05) is 6.61 Å². The molecule has 1 aromatic carbocycles. The SMILES string of the molecule is Cc1ccc(OCCC(=O)NC(C)c2ncc[nH]2)cc1. The van der Waals surface area contributed by atoms with Gasteiger partial charge in [0.1, 0.15) is 11.6 Å². The first kappa shape index (κ1) is 14.1. The highest BCUT2D eigenvalue weighted by Gasteiger charge is 2.11. The van der Waals surface area contributed by atoms with E-state index in [0.29, 0.717) is 13.0 Å². The van der Waals surface area contributed by atoms with Gasteiger partial charge in [0.25, 0.3) is 0 Å². The Hall–Kier alpha value is -2.30. The third-order valence-electron chi connectivity index (χ3n) is 2.93. The molecule has 0 aliphatic heterocycles. The van der Waals surface area contributed by atoms with E-state index in [9.17, 15) is 4.79 Å². The Kier molecular flexibility index (Phi) is 4.76. The van der Waals surface area contributed by atoms with Crippen LogP contribution in [0.3, 0.4) is 0 Å². The van der Waals surface area contributed by atoms with Crippen LogP contribution in [0.5, 0.6) is 5.75 Å². The summed E-state index contributed by atoms with van der Waals surface area (Å²) in [7, 11) is 0. The molecule has 0 aliphatic rings. The van der Waals surface area contributed by atoms with Crippen LogP contribution in [0, 0.1) is 6.92 Å². The lowest BCUT2D eigenvalue weighted by molar-refractivity contribution is -0.122. The number of benzene rings is 1. The number of nitrogens with zero attached hydrogens (tertiary/aromatic N) is 1. The monoisotopic (exact) mass is 273 g/mol. The van der Waals surface area contributed by atoms with Gasteiger partial charge in [0.15, 0.2) is 0 Å². The average molecular weight is 273 g/mol. The second-order valence-corrected chi connectivity index (χ2v) is 4.68. The second kappa shape index (κ2) is 6.75. The van der Waals surface area contributed by atoms with Crippen molar-refractivity contribution in [3.8, 4) is 5.75 Å². The van der Waals surface area contributed by atoms with Crippen molar-refractivity contribution >= 4 is 5.91 Å². The number of hydrogen-bond donors (Lipinski definition) is 2. The first-order valence-corrected chi connectivity index (χ1v) is 6.63. The normalized spacial score (nSPS) is 11.9. The van der Waals surface area contributed by atoms with E-state index in [1.54, 1.807) is 12.4 Å². The number of nitrogens with one attached hydrogen (secondary N) is 2. The molecule has 0 fully saturated rings. The van der Waals surface area contributed by atoms with Gasteiger partial charge in [-0.1, -0.05) is 17.7 Å². The summed E-state index contributed by atoms with van der Waals surface area (Å²) in [6.45, 7) is 4.27.